The van der Waals surface area contributed by atoms with Gasteiger partial charge in [-0.15, -0.1) is 11.3 Å². The summed E-state index contributed by atoms with van der Waals surface area (Å²) in [4.78, 5) is 10.2. The summed E-state index contributed by atoms with van der Waals surface area (Å²) >= 11 is 0.743. The van der Waals surface area contributed by atoms with Gasteiger partial charge < -0.3 is 5.11 Å². The number of carbonyl (C=O) groups is 1. The maximum Gasteiger partial charge on any atom is 0.347 e. The second-order valence-corrected chi connectivity index (χ2v) is 6.61. The molecule has 0 aliphatic heterocycles. The van der Waals surface area contributed by atoms with E-state index in [2.05, 4.69) is 0 Å². The van der Waals surface area contributed by atoms with Crippen LogP contribution >= 0.6 is 11.3 Å². The Morgan fingerprint density at radius 3 is 2.62 bits per heavy atom. The molecule has 0 aliphatic rings. The Labute approximate surface area is 122 Å². The number of carboxylic acid groups (broad SMARTS) is 1. The van der Waals surface area contributed by atoms with Gasteiger partial charge in [-0.1, -0.05) is 0 Å². The van der Waals surface area contributed by atoms with Gasteiger partial charge in [-0.2, -0.15) is 0 Å². The zero-order valence-corrected chi connectivity index (χ0v) is 12.2. The van der Waals surface area contributed by atoms with Crippen molar-refractivity contribution < 1.29 is 27.1 Å². The van der Waals surface area contributed by atoms with Crippen molar-refractivity contribution in [3.05, 3.63) is 45.7 Å². The molecule has 2 N–H and O–H groups in total. The highest BCUT2D eigenvalue weighted by molar-refractivity contribution is 7.93. The molecule has 2 aromatic rings. The molecular weight excluding hydrogens is 324 g/mol. The van der Waals surface area contributed by atoms with Gasteiger partial charge in [0, 0.05) is 6.07 Å². The number of hydrogen-bond donors (Lipinski definition) is 2. The number of hydrogen-bond acceptors (Lipinski definition) is 4. The predicted octanol–water partition coefficient (Wildman–Crippen LogP) is 2.83. The third-order valence-corrected chi connectivity index (χ3v) is 5.32. The summed E-state index contributed by atoms with van der Waals surface area (Å²) in [5.41, 5.74) is -0.376. The molecule has 0 fully saturated rings. The molecule has 0 spiro atoms. The average molecular weight is 333 g/mol. The first kappa shape index (κ1) is 15.4. The summed E-state index contributed by atoms with van der Waals surface area (Å²) in [5.74, 6) is -3.20. The minimum atomic E-state index is -4.34. The number of halogens is 2. The number of benzene rings is 1. The van der Waals surface area contributed by atoms with Gasteiger partial charge in [0.25, 0.3) is 10.0 Å². The maximum atomic E-state index is 13.5. The van der Waals surface area contributed by atoms with Crippen molar-refractivity contribution in [2.75, 3.05) is 4.72 Å². The Kier molecular flexibility index (Phi) is 3.97. The molecule has 0 unspecified atom stereocenters. The fourth-order valence-electron chi connectivity index (χ4n) is 1.69. The second-order valence-electron chi connectivity index (χ2n) is 4.11. The van der Waals surface area contributed by atoms with Crippen LogP contribution in [0.25, 0.3) is 0 Å². The molecule has 0 aliphatic carbocycles. The van der Waals surface area contributed by atoms with E-state index in [1.807, 2.05) is 4.72 Å². The van der Waals surface area contributed by atoms with Crippen molar-refractivity contribution in [1.82, 2.24) is 0 Å². The van der Waals surface area contributed by atoms with Crippen molar-refractivity contribution in [2.45, 2.75) is 11.8 Å². The molecule has 21 heavy (non-hydrogen) atoms. The Morgan fingerprint density at radius 1 is 1.33 bits per heavy atom. The summed E-state index contributed by atoms with van der Waals surface area (Å²) in [6.45, 7) is 1.42. The van der Waals surface area contributed by atoms with Crippen LogP contribution in [0.15, 0.2) is 28.5 Å². The Bertz CT molecular complexity index is 815. The van der Waals surface area contributed by atoms with Crippen LogP contribution in [0, 0.1) is 18.6 Å². The van der Waals surface area contributed by atoms with Crippen LogP contribution in [-0.4, -0.2) is 19.5 Å². The molecule has 1 heterocycles. The molecule has 5 nitrogen and oxygen atoms in total. The highest BCUT2D eigenvalue weighted by atomic mass is 32.2. The average Bonchev–Trinajstić information content (AvgIpc) is 2.76. The van der Waals surface area contributed by atoms with Crippen LogP contribution in [0.1, 0.15) is 15.2 Å². The van der Waals surface area contributed by atoms with E-state index in [-0.39, 0.29) is 5.56 Å². The molecule has 1 aromatic heterocycles. The van der Waals surface area contributed by atoms with Gasteiger partial charge in [-0.05, 0) is 30.0 Å². The lowest BCUT2D eigenvalue weighted by atomic mass is 10.3. The summed E-state index contributed by atoms with van der Waals surface area (Å²) in [5, 5.41) is 10.4. The number of aryl methyl sites for hydroxylation is 1. The smallest absolute Gasteiger partial charge is 0.347 e. The van der Waals surface area contributed by atoms with Gasteiger partial charge in [-0.3, -0.25) is 4.72 Å². The first-order valence-electron chi connectivity index (χ1n) is 5.51. The predicted molar refractivity (Wildman–Crippen MR) is 73.2 cm³/mol. The molecule has 0 atom stereocenters. The molecule has 9 heteroatoms. The lowest BCUT2D eigenvalue weighted by molar-refractivity contribution is 0.0698. The monoisotopic (exact) mass is 333 g/mol. The Morgan fingerprint density at radius 2 is 2.00 bits per heavy atom. The third kappa shape index (κ3) is 3.03. The number of rotatable bonds is 4. The van der Waals surface area contributed by atoms with Crippen molar-refractivity contribution in [3.8, 4) is 0 Å². The van der Waals surface area contributed by atoms with Gasteiger partial charge in [0.2, 0.25) is 0 Å². The van der Waals surface area contributed by atoms with E-state index in [4.69, 9.17) is 5.11 Å². The number of thiophene rings is 1. The lowest BCUT2D eigenvalue weighted by Crippen LogP contribution is -2.17. The van der Waals surface area contributed by atoms with Crippen LogP contribution in [0.5, 0.6) is 0 Å². The van der Waals surface area contributed by atoms with E-state index in [9.17, 15) is 22.0 Å². The summed E-state index contributed by atoms with van der Waals surface area (Å²) in [7, 11) is -4.34. The van der Waals surface area contributed by atoms with Gasteiger partial charge in [0.1, 0.15) is 21.4 Å². The number of anilines is 1. The Balaban J connectivity index is 2.51. The minimum absolute atomic E-state index is 0.210. The molecule has 0 radical (unpaired) electrons. The van der Waals surface area contributed by atoms with Crippen LogP contribution in [0.3, 0.4) is 0 Å². The van der Waals surface area contributed by atoms with Crippen LogP contribution in [0.4, 0.5) is 14.5 Å². The molecule has 0 bridgehead atoms. The molecular formula is C12H9F2NO4S2. The van der Waals surface area contributed by atoms with Gasteiger partial charge in [0.15, 0.2) is 0 Å². The Hall–Kier alpha value is -2.00. The molecule has 0 saturated carbocycles. The van der Waals surface area contributed by atoms with E-state index in [0.717, 1.165) is 23.5 Å². The van der Waals surface area contributed by atoms with Crippen molar-refractivity contribution in [2.24, 2.45) is 0 Å². The number of sulfonamides is 1. The van der Waals surface area contributed by atoms with E-state index >= 15 is 0 Å². The molecule has 0 amide bonds. The summed E-state index contributed by atoms with van der Waals surface area (Å²) in [6.07, 6.45) is 0. The largest absolute Gasteiger partial charge is 0.477 e. The van der Waals surface area contributed by atoms with Crippen LogP contribution in [0.2, 0.25) is 0 Å². The van der Waals surface area contributed by atoms with E-state index < -0.39 is 43.1 Å². The quantitative estimate of drug-likeness (QED) is 0.901. The standard InChI is InChI=1S/C12H9F2NO4S2/c1-6-5-20-10(12(16)17)11(6)21(18,19)15-9-4-7(13)2-3-8(9)14/h2-5,15H,1H3,(H,16,17). The van der Waals surface area contributed by atoms with E-state index in [1.165, 1.54) is 12.3 Å². The van der Waals surface area contributed by atoms with Crippen LogP contribution < -0.4 is 4.72 Å². The lowest BCUT2D eigenvalue weighted by Gasteiger charge is -2.09. The van der Waals surface area contributed by atoms with Crippen molar-refractivity contribution >= 4 is 33.0 Å². The van der Waals surface area contributed by atoms with Crippen molar-refractivity contribution in [1.29, 1.82) is 0 Å². The molecule has 1 aromatic carbocycles. The van der Waals surface area contributed by atoms with Gasteiger partial charge >= 0.3 is 5.97 Å². The molecule has 0 saturated heterocycles. The first-order valence-corrected chi connectivity index (χ1v) is 7.88. The normalized spacial score (nSPS) is 11.4. The van der Waals surface area contributed by atoms with E-state index in [0.29, 0.717) is 6.07 Å². The van der Waals surface area contributed by atoms with Gasteiger partial charge in [0.05, 0.1) is 5.69 Å². The van der Waals surface area contributed by atoms with Crippen LogP contribution in [-0.2, 0) is 10.0 Å². The zero-order chi connectivity index (χ0) is 15.8. The second kappa shape index (κ2) is 5.41. The zero-order valence-electron chi connectivity index (χ0n) is 10.6. The fourth-order valence-corrected chi connectivity index (χ4v) is 4.38. The summed E-state index contributed by atoms with van der Waals surface area (Å²) < 4.78 is 52.8. The summed E-state index contributed by atoms with van der Waals surface area (Å²) in [6, 6.07) is 2.28. The fraction of sp³-hybridized carbons (Fsp3) is 0.0833. The number of carboxylic acids is 1. The van der Waals surface area contributed by atoms with Gasteiger partial charge in [-0.25, -0.2) is 22.0 Å². The topological polar surface area (TPSA) is 83.5 Å². The molecule has 112 valence electrons. The number of nitrogens with one attached hydrogen (secondary N) is 1. The highest BCUT2D eigenvalue weighted by Gasteiger charge is 2.27. The highest BCUT2D eigenvalue weighted by Crippen LogP contribution is 2.29. The minimum Gasteiger partial charge on any atom is -0.477 e. The SMILES string of the molecule is Cc1csc(C(=O)O)c1S(=O)(=O)Nc1cc(F)ccc1F. The molecule has 2 rings (SSSR count). The van der Waals surface area contributed by atoms with E-state index in [1.54, 1.807) is 0 Å². The number of aromatic carboxylic acids is 1. The maximum absolute atomic E-state index is 13.5. The third-order valence-electron chi connectivity index (χ3n) is 2.55. The van der Waals surface area contributed by atoms with Crippen molar-refractivity contribution in [3.63, 3.8) is 0 Å². The first-order chi connectivity index (χ1) is 9.72.